The van der Waals surface area contributed by atoms with E-state index in [1.54, 1.807) is 4.90 Å². The topological polar surface area (TPSA) is 86.9 Å². The van der Waals surface area contributed by atoms with Crippen molar-refractivity contribution < 1.29 is 14.7 Å². The molecular formula is C11H21N3O3. The molecule has 0 unspecified atom stereocenters. The molecule has 1 aliphatic heterocycles. The first kappa shape index (κ1) is 13.9. The summed E-state index contributed by atoms with van der Waals surface area (Å²) in [5.74, 6) is -0.839. The van der Waals surface area contributed by atoms with Gasteiger partial charge in [0.2, 0.25) is 5.91 Å². The summed E-state index contributed by atoms with van der Waals surface area (Å²) < 4.78 is 0. The molecule has 6 nitrogen and oxygen atoms in total. The third-order valence-electron chi connectivity index (χ3n) is 2.96. The van der Waals surface area contributed by atoms with Crippen LogP contribution in [0.15, 0.2) is 0 Å². The predicted octanol–water partition coefficient (Wildman–Crippen LogP) is -0.657. The van der Waals surface area contributed by atoms with E-state index in [-0.39, 0.29) is 12.5 Å². The molecule has 1 fully saturated rings. The molecule has 0 aromatic carbocycles. The predicted molar refractivity (Wildman–Crippen MR) is 63.5 cm³/mol. The second kappa shape index (κ2) is 6.56. The molecule has 1 amide bonds. The van der Waals surface area contributed by atoms with E-state index in [9.17, 15) is 9.59 Å². The molecule has 1 aliphatic rings. The Bertz CT molecular complexity index is 275. The van der Waals surface area contributed by atoms with Crippen LogP contribution in [-0.2, 0) is 9.59 Å². The Balaban J connectivity index is 2.35. The van der Waals surface area contributed by atoms with Crippen molar-refractivity contribution in [2.45, 2.75) is 25.8 Å². The summed E-state index contributed by atoms with van der Waals surface area (Å²) in [5.41, 5.74) is 5.78. The molecule has 1 rings (SSSR count). The third kappa shape index (κ3) is 4.32. The number of nitrogens with zero attached hydrogens (tertiary/aromatic N) is 2. The van der Waals surface area contributed by atoms with Crippen molar-refractivity contribution in [1.82, 2.24) is 9.80 Å². The fraction of sp³-hybridized carbons (Fsp3) is 0.818. The monoisotopic (exact) mass is 243 g/mol. The van der Waals surface area contributed by atoms with E-state index in [0.29, 0.717) is 32.6 Å². The van der Waals surface area contributed by atoms with Gasteiger partial charge in [-0.2, -0.15) is 0 Å². The average Bonchev–Trinajstić information content (AvgIpc) is 2.28. The van der Waals surface area contributed by atoms with Gasteiger partial charge in [-0.05, 0) is 6.42 Å². The zero-order chi connectivity index (χ0) is 12.8. The lowest BCUT2D eigenvalue weighted by atomic mass is 10.1. The van der Waals surface area contributed by atoms with Crippen LogP contribution in [0, 0.1) is 0 Å². The van der Waals surface area contributed by atoms with Crippen molar-refractivity contribution in [1.29, 1.82) is 0 Å². The van der Waals surface area contributed by atoms with Crippen molar-refractivity contribution in [2.24, 2.45) is 5.73 Å². The lowest BCUT2D eigenvalue weighted by molar-refractivity contribution is -0.139. The molecular weight excluding hydrogens is 222 g/mol. The molecule has 1 atom stereocenters. The maximum absolute atomic E-state index is 11.9. The summed E-state index contributed by atoms with van der Waals surface area (Å²) >= 11 is 0. The molecule has 0 aromatic rings. The Hall–Kier alpha value is -1.14. The maximum Gasteiger partial charge on any atom is 0.317 e. The van der Waals surface area contributed by atoms with Gasteiger partial charge >= 0.3 is 5.97 Å². The van der Waals surface area contributed by atoms with Crippen LogP contribution in [0.2, 0.25) is 0 Å². The zero-order valence-electron chi connectivity index (χ0n) is 10.3. The van der Waals surface area contributed by atoms with Crippen LogP contribution < -0.4 is 5.73 Å². The standard InChI is InChI=1S/C11H21N3O3/c1-2-3-9(12)11(17)14-6-4-13(5-7-14)8-10(15)16/h9H,2-8,12H2,1H3,(H,15,16)/t9-/m1/s1. The number of aliphatic carboxylic acids is 1. The summed E-state index contributed by atoms with van der Waals surface area (Å²) in [6, 6.07) is -0.411. The van der Waals surface area contributed by atoms with Crippen LogP contribution in [0.5, 0.6) is 0 Å². The number of piperazine rings is 1. The largest absolute Gasteiger partial charge is 0.480 e. The maximum atomic E-state index is 11.9. The molecule has 0 aliphatic carbocycles. The van der Waals surface area contributed by atoms with Crippen LogP contribution in [0.3, 0.4) is 0 Å². The van der Waals surface area contributed by atoms with Gasteiger partial charge in [-0.25, -0.2) is 0 Å². The van der Waals surface area contributed by atoms with Gasteiger partial charge in [0.15, 0.2) is 0 Å². The molecule has 3 N–H and O–H groups in total. The second-order valence-electron chi connectivity index (χ2n) is 4.39. The van der Waals surface area contributed by atoms with Gasteiger partial charge < -0.3 is 15.7 Å². The van der Waals surface area contributed by atoms with E-state index in [1.165, 1.54) is 0 Å². The summed E-state index contributed by atoms with van der Waals surface area (Å²) in [6.45, 7) is 4.40. The van der Waals surface area contributed by atoms with Crippen LogP contribution in [-0.4, -0.2) is 65.5 Å². The van der Waals surface area contributed by atoms with Crippen LogP contribution in [0.25, 0.3) is 0 Å². The van der Waals surface area contributed by atoms with Crippen molar-refractivity contribution in [3.05, 3.63) is 0 Å². The van der Waals surface area contributed by atoms with Gasteiger partial charge in [-0.3, -0.25) is 14.5 Å². The molecule has 0 radical (unpaired) electrons. The fourth-order valence-electron chi connectivity index (χ4n) is 1.99. The van der Waals surface area contributed by atoms with Crippen molar-refractivity contribution in [2.75, 3.05) is 32.7 Å². The highest BCUT2D eigenvalue weighted by Crippen LogP contribution is 2.05. The van der Waals surface area contributed by atoms with E-state index in [1.807, 2.05) is 11.8 Å². The number of carbonyl (C=O) groups excluding carboxylic acids is 1. The quantitative estimate of drug-likeness (QED) is 0.669. The average molecular weight is 243 g/mol. The normalized spacial score (nSPS) is 19.1. The highest BCUT2D eigenvalue weighted by Gasteiger charge is 2.25. The minimum atomic E-state index is -0.826. The summed E-state index contributed by atoms with van der Waals surface area (Å²) in [4.78, 5) is 26.0. The van der Waals surface area contributed by atoms with Crippen molar-refractivity contribution in [3.63, 3.8) is 0 Å². The SMILES string of the molecule is CCC[C@@H](N)C(=O)N1CCN(CC(=O)O)CC1. The first-order valence-corrected chi connectivity index (χ1v) is 6.03. The smallest absolute Gasteiger partial charge is 0.317 e. The summed E-state index contributed by atoms with van der Waals surface area (Å²) in [7, 11) is 0. The van der Waals surface area contributed by atoms with E-state index < -0.39 is 12.0 Å². The molecule has 17 heavy (non-hydrogen) atoms. The van der Waals surface area contributed by atoms with E-state index in [4.69, 9.17) is 10.8 Å². The molecule has 0 bridgehead atoms. The number of amides is 1. The number of carboxylic acids is 1. The third-order valence-corrected chi connectivity index (χ3v) is 2.96. The van der Waals surface area contributed by atoms with Gasteiger partial charge in [0.05, 0.1) is 12.6 Å². The van der Waals surface area contributed by atoms with Crippen molar-refractivity contribution >= 4 is 11.9 Å². The highest BCUT2D eigenvalue weighted by atomic mass is 16.4. The summed E-state index contributed by atoms with van der Waals surface area (Å²) in [5, 5.41) is 8.66. The minimum absolute atomic E-state index is 0.0122. The second-order valence-corrected chi connectivity index (χ2v) is 4.39. The molecule has 6 heteroatoms. The van der Waals surface area contributed by atoms with Crippen LogP contribution in [0.1, 0.15) is 19.8 Å². The zero-order valence-corrected chi connectivity index (χ0v) is 10.3. The van der Waals surface area contributed by atoms with E-state index in [2.05, 4.69) is 0 Å². The van der Waals surface area contributed by atoms with Gasteiger partial charge in [-0.1, -0.05) is 13.3 Å². The number of hydrogen-bond donors (Lipinski definition) is 2. The van der Waals surface area contributed by atoms with Crippen LogP contribution >= 0.6 is 0 Å². The Morgan fingerprint density at radius 3 is 2.35 bits per heavy atom. The first-order chi connectivity index (χ1) is 8.04. The lowest BCUT2D eigenvalue weighted by Gasteiger charge is -2.35. The summed E-state index contributed by atoms with van der Waals surface area (Å²) in [6.07, 6.45) is 1.60. The van der Waals surface area contributed by atoms with Crippen LogP contribution in [0.4, 0.5) is 0 Å². The van der Waals surface area contributed by atoms with Crippen molar-refractivity contribution in [3.8, 4) is 0 Å². The molecule has 1 saturated heterocycles. The number of carboxylic acid groups (broad SMARTS) is 1. The Labute approximate surface area is 101 Å². The molecule has 0 aromatic heterocycles. The van der Waals surface area contributed by atoms with E-state index >= 15 is 0 Å². The number of carbonyl (C=O) groups is 2. The number of hydrogen-bond acceptors (Lipinski definition) is 4. The van der Waals surface area contributed by atoms with Gasteiger partial charge in [0.1, 0.15) is 0 Å². The molecule has 1 heterocycles. The lowest BCUT2D eigenvalue weighted by Crippen LogP contribution is -2.53. The van der Waals surface area contributed by atoms with E-state index in [0.717, 1.165) is 6.42 Å². The fourth-order valence-corrected chi connectivity index (χ4v) is 1.99. The van der Waals surface area contributed by atoms with Gasteiger partial charge in [0, 0.05) is 26.2 Å². The Morgan fingerprint density at radius 1 is 1.29 bits per heavy atom. The Kier molecular flexibility index (Phi) is 5.37. The number of rotatable bonds is 5. The molecule has 98 valence electrons. The molecule has 0 saturated carbocycles. The van der Waals surface area contributed by atoms with Gasteiger partial charge in [0.25, 0.3) is 0 Å². The Morgan fingerprint density at radius 2 is 1.88 bits per heavy atom. The first-order valence-electron chi connectivity index (χ1n) is 6.03. The number of nitrogens with two attached hydrogens (primary N) is 1. The minimum Gasteiger partial charge on any atom is -0.480 e. The van der Waals surface area contributed by atoms with Gasteiger partial charge in [-0.15, -0.1) is 0 Å². The molecule has 0 spiro atoms. The highest BCUT2D eigenvalue weighted by molar-refractivity contribution is 5.81.